The normalized spacial score (nSPS) is 23.7. The Morgan fingerprint density at radius 2 is 1.82 bits per heavy atom. The van der Waals surface area contributed by atoms with E-state index in [4.69, 9.17) is 0 Å². The monoisotopic (exact) mass is 301 g/mol. The first kappa shape index (κ1) is 14.3. The number of carbonyl (C=O) groups excluding carboxylic acids is 1. The van der Waals surface area contributed by atoms with Gasteiger partial charge in [-0.1, -0.05) is 32.1 Å². The minimum absolute atomic E-state index is 0.281. The van der Waals surface area contributed by atoms with Crippen LogP contribution in [0, 0.1) is 5.92 Å². The van der Waals surface area contributed by atoms with Gasteiger partial charge in [-0.2, -0.15) is 5.10 Å². The van der Waals surface area contributed by atoms with E-state index in [1.54, 1.807) is 0 Å². The molecule has 22 heavy (non-hydrogen) atoms. The number of amides is 1. The molecule has 1 amide bonds. The third-order valence-electron chi connectivity index (χ3n) is 5.97. The van der Waals surface area contributed by atoms with Crippen molar-refractivity contribution in [1.82, 2.24) is 15.1 Å². The first-order valence-electron chi connectivity index (χ1n) is 9.17. The number of nitrogens with one attached hydrogen (secondary N) is 1. The summed E-state index contributed by atoms with van der Waals surface area (Å²) in [6.45, 7) is 1.67. The summed E-state index contributed by atoms with van der Waals surface area (Å²) in [6.07, 6.45) is 12.1. The predicted molar refractivity (Wildman–Crippen MR) is 85.5 cm³/mol. The van der Waals surface area contributed by atoms with Crippen LogP contribution in [-0.4, -0.2) is 27.5 Å². The standard InChI is InChI=1S/C18H27N3O/c22-18(14-6-3-1-2-4-7-14)21-11-10-16-15(12-21)17(20-19-16)13-8-5-9-13/h13-14H,1-12H2,(H,19,20). The molecule has 4 rings (SSSR count). The van der Waals surface area contributed by atoms with Crippen LogP contribution in [0.3, 0.4) is 0 Å². The highest BCUT2D eigenvalue weighted by Gasteiger charge is 2.32. The number of hydrogen-bond acceptors (Lipinski definition) is 2. The quantitative estimate of drug-likeness (QED) is 0.850. The van der Waals surface area contributed by atoms with Crippen LogP contribution in [0.15, 0.2) is 0 Å². The maximum Gasteiger partial charge on any atom is 0.225 e. The molecule has 0 saturated heterocycles. The first-order valence-corrected chi connectivity index (χ1v) is 9.17. The molecule has 1 aromatic heterocycles. The fourth-order valence-corrected chi connectivity index (χ4v) is 4.31. The Hall–Kier alpha value is -1.32. The van der Waals surface area contributed by atoms with E-state index in [0.29, 0.717) is 11.8 Å². The molecule has 2 fully saturated rings. The van der Waals surface area contributed by atoms with E-state index in [2.05, 4.69) is 15.1 Å². The summed E-state index contributed by atoms with van der Waals surface area (Å²) in [5, 5.41) is 7.81. The molecule has 3 aliphatic rings. The van der Waals surface area contributed by atoms with Crippen molar-refractivity contribution in [3.05, 3.63) is 17.0 Å². The molecule has 120 valence electrons. The molecule has 0 unspecified atom stereocenters. The molecule has 0 aromatic carbocycles. The molecule has 2 aliphatic carbocycles. The molecule has 4 heteroatoms. The third-order valence-corrected chi connectivity index (χ3v) is 5.97. The van der Waals surface area contributed by atoms with Crippen LogP contribution in [0.4, 0.5) is 0 Å². The van der Waals surface area contributed by atoms with Crippen molar-refractivity contribution in [3.8, 4) is 0 Å². The van der Waals surface area contributed by atoms with Crippen LogP contribution in [0.25, 0.3) is 0 Å². The molecule has 4 nitrogen and oxygen atoms in total. The second kappa shape index (κ2) is 6.05. The Morgan fingerprint density at radius 1 is 1.05 bits per heavy atom. The van der Waals surface area contributed by atoms with Crippen molar-refractivity contribution in [2.45, 2.75) is 76.7 Å². The summed E-state index contributed by atoms with van der Waals surface area (Å²) in [7, 11) is 0. The Kier molecular flexibility index (Phi) is 3.93. The molecular formula is C18H27N3O. The predicted octanol–water partition coefficient (Wildman–Crippen LogP) is 3.53. The number of aromatic nitrogens is 2. The molecule has 0 radical (unpaired) electrons. The van der Waals surface area contributed by atoms with E-state index in [0.717, 1.165) is 32.4 Å². The van der Waals surface area contributed by atoms with Gasteiger partial charge in [0.1, 0.15) is 0 Å². The zero-order valence-electron chi connectivity index (χ0n) is 13.4. The minimum atomic E-state index is 0.281. The Balaban J connectivity index is 1.48. The van der Waals surface area contributed by atoms with Gasteiger partial charge < -0.3 is 4.90 Å². The summed E-state index contributed by atoms with van der Waals surface area (Å²) in [4.78, 5) is 15.0. The lowest BCUT2D eigenvalue weighted by Crippen LogP contribution is -2.40. The smallest absolute Gasteiger partial charge is 0.225 e. The fraction of sp³-hybridized carbons (Fsp3) is 0.778. The van der Waals surface area contributed by atoms with Gasteiger partial charge >= 0.3 is 0 Å². The maximum atomic E-state index is 12.9. The average molecular weight is 301 g/mol. The highest BCUT2D eigenvalue weighted by atomic mass is 16.2. The molecule has 2 saturated carbocycles. The molecular weight excluding hydrogens is 274 g/mol. The van der Waals surface area contributed by atoms with Crippen LogP contribution in [0.2, 0.25) is 0 Å². The zero-order chi connectivity index (χ0) is 14.9. The lowest BCUT2D eigenvalue weighted by Gasteiger charge is -2.32. The summed E-state index contributed by atoms with van der Waals surface area (Å²) in [5.74, 6) is 1.34. The lowest BCUT2D eigenvalue weighted by molar-refractivity contribution is -0.136. The number of aromatic amines is 1. The van der Waals surface area contributed by atoms with Crippen molar-refractivity contribution in [3.63, 3.8) is 0 Å². The Labute approximate surface area is 132 Å². The topological polar surface area (TPSA) is 49.0 Å². The number of fused-ring (bicyclic) bond motifs is 1. The highest BCUT2D eigenvalue weighted by Crippen LogP contribution is 2.39. The Morgan fingerprint density at radius 3 is 2.50 bits per heavy atom. The van der Waals surface area contributed by atoms with Crippen molar-refractivity contribution in [2.24, 2.45) is 5.92 Å². The van der Waals surface area contributed by atoms with E-state index in [9.17, 15) is 4.79 Å². The van der Waals surface area contributed by atoms with Crippen molar-refractivity contribution >= 4 is 5.91 Å². The first-order chi connectivity index (χ1) is 10.8. The average Bonchev–Trinajstić information content (AvgIpc) is 2.72. The van der Waals surface area contributed by atoms with Crippen LogP contribution >= 0.6 is 0 Å². The number of carbonyl (C=O) groups is 1. The van der Waals surface area contributed by atoms with Crippen molar-refractivity contribution < 1.29 is 4.79 Å². The van der Waals surface area contributed by atoms with Gasteiger partial charge in [-0.25, -0.2) is 0 Å². The van der Waals surface area contributed by atoms with Crippen LogP contribution in [-0.2, 0) is 17.8 Å². The van der Waals surface area contributed by atoms with E-state index in [-0.39, 0.29) is 5.92 Å². The summed E-state index contributed by atoms with van der Waals surface area (Å²) >= 11 is 0. The van der Waals surface area contributed by atoms with Gasteiger partial charge in [0, 0.05) is 42.6 Å². The number of nitrogens with zero attached hydrogens (tertiary/aromatic N) is 2. The van der Waals surface area contributed by atoms with Crippen LogP contribution < -0.4 is 0 Å². The summed E-state index contributed by atoms with van der Waals surface area (Å²) < 4.78 is 0. The van der Waals surface area contributed by atoms with E-state index >= 15 is 0 Å². The van der Waals surface area contributed by atoms with Gasteiger partial charge in [-0.05, 0) is 25.7 Å². The summed E-state index contributed by atoms with van der Waals surface area (Å²) in [5.41, 5.74) is 3.89. The summed E-state index contributed by atoms with van der Waals surface area (Å²) in [6, 6.07) is 0. The maximum absolute atomic E-state index is 12.9. The SMILES string of the molecule is O=C(C1CCCCCC1)N1CCc2[nH]nc(C3CCC3)c2C1. The lowest BCUT2D eigenvalue weighted by atomic mass is 9.80. The second-order valence-electron chi connectivity index (χ2n) is 7.39. The Bertz CT molecular complexity index is 539. The largest absolute Gasteiger partial charge is 0.338 e. The van der Waals surface area contributed by atoms with Gasteiger partial charge in [0.05, 0.1) is 5.69 Å². The van der Waals surface area contributed by atoms with Crippen molar-refractivity contribution in [1.29, 1.82) is 0 Å². The molecule has 1 N–H and O–H groups in total. The van der Waals surface area contributed by atoms with Crippen molar-refractivity contribution in [2.75, 3.05) is 6.54 Å². The molecule has 1 aromatic rings. The molecule has 2 heterocycles. The van der Waals surface area contributed by atoms with Crippen LogP contribution in [0.5, 0.6) is 0 Å². The number of hydrogen-bond donors (Lipinski definition) is 1. The fourth-order valence-electron chi connectivity index (χ4n) is 4.31. The number of H-pyrrole nitrogens is 1. The minimum Gasteiger partial charge on any atom is -0.338 e. The van der Waals surface area contributed by atoms with E-state index in [1.165, 1.54) is 61.9 Å². The molecule has 0 atom stereocenters. The van der Waals surface area contributed by atoms with Gasteiger partial charge in [-0.15, -0.1) is 0 Å². The second-order valence-corrected chi connectivity index (χ2v) is 7.39. The van der Waals surface area contributed by atoms with Gasteiger partial charge in [0.2, 0.25) is 5.91 Å². The zero-order valence-corrected chi connectivity index (χ0v) is 13.4. The van der Waals surface area contributed by atoms with Crippen LogP contribution in [0.1, 0.15) is 80.7 Å². The van der Waals surface area contributed by atoms with E-state index < -0.39 is 0 Å². The van der Waals surface area contributed by atoms with Gasteiger partial charge in [0.25, 0.3) is 0 Å². The highest BCUT2D eigenvalue weighted by molar-refractivity contribution is 5.79. The van der Waals surface area contributed by atoms with Gasteiger partial charge in [-0.3, -0.25) is 9.89 Å². The number of rotatable bonds is 2. The van der Waals surface area contributed by atoms with E-state index in [1.807, 2.05) is 0 Å². The third kappa shape index (κ3) is 2.57. The molecule has 0 bridgehead atoms. The molecule has 0 spiro atoms. The van der Waals surface area contributed by atoms with Gasteiger partial charge in [0.15, 0.2) is 0 Å². The molecule has 1 aliphatic heterocycles.